The first-order valence-corrected chi connectivity index (χ1v) is 8.85. The number of halogens is 6. The lowest BCUT2D eigenvalue weighted by molar-refractivity contribution is -0.133. The number of aromatic nitrogens is 4. The van der Waals surface area contributed by atoms with E-state index in [2.05, 4.69) is 15.0 Å². The van der Waals surface area contributed by atoms with Gasteiger partial charge in [0.15, 0.2) is 5.82 Å². The third-order valence-corrected chi connectivity index (χ3v) is 3.50. The largest absolute Gasteiger partial charge is 0.390 e. The maximum absolute atomic E-state index is 12.5. The van der Waals surface area contributed by atoms with Crippen molar-refractivity contribution in [2.75, 3.05) is 29.9 Å². The molecule has 0 bridgehead atoms. The summed E-state index contributed by atoms with van der Waals surface area (Å²) in [6.07, 6.45) is -3.24. The average molecular weight is 440 g/mol. The summed E-state index contributed by atoms with van der Waals surface area (Å²) >= 11 is 0. The number of rotatable bonds is 3. The SMILES string of the molecule is CC.CC(F)(F)F.CN1C(=O)CN(CCC(F)(F)F)c2nc(-n3ccnc3)ncc21. The number of likely N-dealkylation sites (N-methyl/N-ethyl adjacent to an activating group) is 1. The number of imidazole rings is 1. The van der Waals surface area contributed by atoms with E-state index in [1.807, 2.05) is 13.8 Å². The van der Waals surface area contributed by atoms with Gasteiger partial charge in [-0.3, -0.25) is 9.36 Å². The van der Waals surface area contributed by atoms with Gasteiger partial charge in [-0.1, -0.05) is 13.8 Å². The Morgan fingerprint density at radius 3 is 2.23 bits per heavy atom. The molecule has 0 aromatic carbocycles. The maximum Gasteiger partial charge on any atom is 0.390 e. The van der Waals surface area contributed by atoms with E-state index in [-0.39, 0.29) is 31.9 Å². The number of hydrogen-bond donors (Lipinski definition) is 0. The molecule has 0 fully saturated rings. The molecule has 0 atom stereocenters. The van der Waals surface area contributed by atoms with E-state index in [4.69, 9.17) is 0 Å². The van der Waals surface area contributed by atoms with Gasteiger partial charge < -0.3 is 9.80 Å². The molecule has 0 saturated heterocycles. The van der Waals surface area contributed by atoms with Gasteiger partial charge in [-0.05, 0) is 0 Å². The molecule has 0 N–H and O–H groups in total. The van der Waals surface area contributed by atoms with Crippen molar-refractivity contribution in [3.63, 3.8) is 0 Å². The van der Waals surface area contributed by atoms with Crippen LogP contribution in [0.2, 0.25) is 0 Å². The second kappa shape index (κ2) is 10.3. The monoisotopic (exact) mass is 440 g/mol. The Balaban J connectivity index is 0.000000565. The first-order valence-electron chi connectivity index (χ1n) is 8.85. The van der Waals surface area contributed by atoms with Crippen LogP contribution in [0.4, 0.5) is 37.8 Å². The van der Waals surface area contributed by atoms with Gasteiger partial charge in [-0.2, -0.15) is 31.3 Å². The minimum absolute atomic E-state index is 0.153. The van der Waals surface area contributed by atoms with Crippen LogP contribution >= 0.6 is 0 Å². The van der Waals surface area contributed by atoms with Gasteiger partial charge in [-0.15, -0.1) is 0 Å². The van der Waals surface area contributed by atoms with E-state index in [9.17, 15) is 31.1 Å². The molecule has 2 aromatic heterocycles. The van der Waals surface area contributed by atoms with Crippen LogP contribution in [0.25, 0.3) is 5.95 Å². The van der Waals surface area contributed by atoms with E-state index in [1.165, 1.54) is 22.3 Å². The van der Waals surface area contributed by atoms with Crippen molar-refractivity contribution in [1.82, 2.24) is 19.5 Å². The van der Waals surface area contributed by atoms with Gasteiger partial charge in [0, 0.05) is 32.9 Å². The summed E-state index contributed by atoms with van der Waals surface area (Å²) in [5.74, 6) is 0.273. The molecular formula is C17H22F6N6O. The maximum atomic E-state index is 12.5. The Bertz CT molecular complexity index is 800. The fourth-order valence-corrected chi connectivity index (χ4v) is 2.25. The van der Waals surface area contributed by atoms with E-state index in [0.717, 1.165) is 0 Å². The van der Waals surface area contributed by atoms with Gasteiger partial charge in [0.05, 0.1) is 19.2 Å². The molecule has 7 nitrogen and oxygen atoms in total. The molecule has 0 saturated carbocycles. The van der Waals surface area contributed by atoms with Crippen LogP contribution in [0.1, 0.15) is 27.2 Å². The Hall–Kier alpha value is -2.86. The zero-order valence-corrected chi connectivity index (χ0v) is 16.8. The van der Waals surface area contributed by atoms with Crippen LogP contribution in [0.15, 0.2) is 24.9 Å². The Kier molecular flexibility index (Phi) is 8.61. The molecule has 13 heteroatoms. The fourth-order valence-electron chi connectivity index (χ4n) is 2.25. The third kappa shape index (κ3) is 7.87. The van der Waals surface area contributed by atoms with Gasteiger partial charge >= 0.3 is 12.4 Å². The van der Waals surface area contributed by atoms with Crippen molar-refractivity contribution < 1.29 is 31.1 Å². The van der Waals surface area contributed by atoms with E-state index in [1.54, 1.807) is 24.0 Å². The summed E-state index contributed by atoms with van der Waals surface area (Å²) in [7, 11) is 1.54. The molecule has 2 aromatic rings. The molecule has 1 aliphatic heterocycles. The third-order valence-electron chi connectivity index (χ3n) is 3.50. The number of anilines is 2. The van der Waals surface area contributed by atoms with E-state index in [0.29, 0.717) is 11.5 Å². The molecular weight excluding hydrogens is 418 g/mol. The van der Waals surface area contributed by atoms with Crippen LogP contribution in [0, 0.1) is 0 Å². The number of alkyl halides is 6. The number of fused-ring (bicyclic) bond motifs is 1. The zero-order valence-electron chi connectivity index (χ0n) is 16.8. The summed E-state index contributed by atoms with van der Waals surface area (Å²) in [6, 6.07) is 0. The fraction of sp³-hybridized carbons (Fsp3) is 0.529. The van der Waals surface area contributed by atoms with Crippen LogP contribution in [0.3, 0.4) is 0 Å². The molecule has 0 aliphatic carbocycles. The molecule has 3 rings (SSSR count). The van der Waals surface area contributed by atoms with Crippen molar-refractivity contribution in [1.29, 1.82) is 0 Å². The quantitative estimate of drug-likeness (QED) is 0.676. The zero-order chi connectivity index (χ0) is 23.1. The van der Waals surface area contributed by atoms with Crippen LogP contribution < -0.4 is 9.80 Å². The first kappa shape index (κ1) is 25.2. The predicted octanol–water partition coefficient (Wildman–Crippen LogP) is 3.99. The van der Waals surface area contributed by atoms with Crippen molar-refractivity contribution >= 4 is 17.4 Å². The van der Waals surface area contributed by atoms with Crippen molar-refractivity contribution in [2.45, 2.75) is 39.5 Å². The summed E-state index contributed by atoms with van der Waals surface area (Å²) < 4.78 is 70.1. The van der Waals surface area contributed by atoms with E-state index < -0.39 is 18.8 Å². The Morgan fingerprint density at radius 2 is 1.73 bits per heavy atom. The molecule has 168 valence electrons. The lowest BCUT2D eigenvalue weighted by atomic mass is 10.2. The highest BCUT2D eigenvalue weighted by molar-refractivity contribution is 6.01. The van der Waals surface area contributed by atoms with Crippen LogP contribution in [0.5, 0.6) is 0 Å². The van der Waals surface area contributed by atoms with E-state index >= 15 is 0 Å². The number of carbonyl (C=O) groups is 1. The van der Waals surface area contributed by atoms with Gasteiger partial charge in [-0.25, -0.2) is 9.97 Å². The molecule has 1 aliphatic rings. The molecule has 30 heavy (non-hydrogen) atoms. The highest BCUT2D eigenvalue weighted by Gasteiger charge is 2.33. The highest BCUT2D eigenvalue weighted by Crippen LogP contribution is 2.32. The minimum Gasteiger partial charge on any atom is -0.345 e. The van der Waals surface area contributed by atoms with Gasteiger partial charge in [0.25, 0.3) is 0 Å². The minimum atomic E-state index is -4.30. The van der Waals surface area contributed by atoms with Gasteiger partial charge in [0.2, 0.25) is 11.9 Å². The summed E-state index contributed by atoms with van der Waals surface area (Å²) in [6.45, 7) is 3.70. The topological polar surface area (TPSA) is 67.2 Å². The second-order valence-electron chi connectivity index (χ2n) is 5.87. The second-order valence-corrected chi connectivity index (χ2v) is 5.87. The van der Waals surface area contributed by atoms with Crippen molar-refractivity contribution in [3.8, 4) is 5.95 Å². The molecule has 0 spiro atoms. The van der Waals surface area contributed by atoms with Gasteiger partial charge in [0.1, 0.15) is 12.0 Å². The smallest absolute Gasteiger partial charge is 0.345 e. The number of amides is 1. The Labute approximate surface area is 169 Å². The normalized spacial score (nSPS) is 13.7. The lowest BCUT2D eigenvalue weighted by Gasteiger charge is -2.34. The molecule has 3 heterocycles. The number of carbonyl (C=O) groups excluding carboxylic acids is 1. The molecule has 1 amide bonds. The van der Waals surface area contributed by atoms with Crippen LogP contribution in [-0.4, -0.2) is 57.9 Å². The van der Waals surface area contributed by atoms with Crippen molar-refractivity contribution in [3.05, 3.63) is 24.9 Å². The number of nitrogens with zero attached hydrogens (tertiary/aromatic N) is 6. The Morgan fingerprint density at radius 1 is 1.13 bits per heavy atom. The predicted molar refractivity (Wildman–Crippen MR) is 98.5 cm³/mol. The van der Waals surface area contributed by atoms with Crippen LogP contribution in [-0.2, 0) is 4.79 Å². The highest BCUT2D eigenvalue weighted by atomic mass is 19.4. The summed E-state index contributed by atoms with van der Waals surface area (Å²) in [5, 5.41) is 0. The number of hydrogen-bond acceptors (Lipinski definition) is 5. The summed E-state index contributed by atoms with van der Waals surface area (Å²) in [5.41, 5.74) is 0.382. The lowest BCUT2D eigenvalue weighted by Crippen LogP contribution is -2.45. The standard InChI is InChI=1S/C13H13F3N6O.C2H3F3.C2H6/c1-20-9-6-18-12(22-5-3-17-8-22)19-11(9)21(7-10(20)23)4-2-13(14,15)16;1-2(3,4)5;1-2/h3,5-6,8H,2,4,7H2,1H3;1H3;1-2H3. The van der Waals surface area contributed by atoms with Crippen molar-refractivity contribution in [2.24, 2.45) is 0 Å². The average Bonchev–Trinajstić information content (AvgIpc) is 3.17. The molecule has 0 radical (unpaired) electrons. The summed E-state index contributed by atoms with van der Waals surface area (Å²) in [4.78, 5) is 26.9. The molecule has 0 unspecified atom stereocenters. The first-order chi connectivity index (χ1) is 13.8.